The molecule has 0 unspecified atom stereocenters. The average molecular weight is 324 g/mol. The van der Waals surface area contributed by atoms with E-state index in [1.54, 1.807) is 18.9 Å². The van der Waals surface area contributed by atoms with Crippen LogP contribution in [0.15, 0.2) is 11.0 Å². The van der Waals surface area contributed by atoms with Crippen molar-refractivity contribution in [2.75, 3.05) is 7.05 Å². The number of aryl methyl sites for hydroxylation is 1. The maximum absolute atomic E-state index is 12.3. The Bertz CT molecular complexity index is 590. The number of amides is 1. The molecule has 0 aliphatic heterocycles. The van der Waals surface area contributed by atoms with Gasteiger partial charge in [-0.25, -0.2) is 8.42 Å². The van der Waals surface area contributed by atoms with Crippen LogP contribution in [0.1, 0.15) is 41.7 Å². The van der Waals surface area contributed by atoms with Crippen LogP contribution in [-0.2, 0) is 9.05 Å². The molecule has 0 aromatic carbocycles. The Morgan fingerprint density at radius 2 is 2.00 bits per heavy atom. The summed E-state index contributed by atoms with van der Waals surface area (Å²) in [6.45, 7) is 7.56. The zero-order valence-corrected chi connectivity index (χ0v) is 14.0. The first-order valence-corrected chi connectivity index (χ1v) is 8.96. The molecule has 0 radical (unpaired) electrons. The van der Waals surface area contributed by atoms with Crippen molar-refractivity contribution < 1.29 is 13.2 Å². The van der Waals surface area contributed by atoms with E-state index >= 15 is 0 Å². The van der Waals surface area contributed by atoms with Crippen molar-refractivity contribution in [3.63, 3.8) is 0 Å². The van der Waals surface area contributed by atoms with Gasteiger partial charge in [0.1, 0.15) is 0 Å². The van der Waals surface area contributed by atoms with E-state index < -0.39 is 9.05 Å². The van der Waals surface area contributed by atoms with Crippen LogP contribution in [0, 0.1) is 6.92 Å². The second-order valence-electron chi connectivity index (χ2n) is 5.00. The van der Waals surface area contributed by atoms with Gasteiger partial charge in [-0.15, -0.1) is 11.3 Å². The van der Waals surface area contributed by atoms with E-state index in [2.05, 4.69) is 0 Å². The Kier molecular flexibility index (Phi) is 4.70. The van der Waals surface area contributed by atoms with Crippen molar-refractivity contribution >= 4 is 37.0 Å². The average Bonchev–Trinajstić information content (AvgIpc) is 2.69. The molecule has 4 nitrogen and oxygen atoms in total. The third-order valence-electron chi connectivity index (χ3n) is 3.42. The Balaban J connectivity index is 3.16. The minimum atomic E-state index is -3.80. The van der Waals surface area contributed by atoms with Gasteiger partial charge in [0.2, 0.25) is 0 Å². The molecule has 19 heavy (non-hydrogen) atoms. The van der Waals surface area contributed by atoms with Gasteiger partial charge in [0.15, 0.2) is 0 Å². The highest BCUT2D eigenvalue weighted by molar-refractivity contribution is 8.13. The summed E-state index contributed by atoms with van der Waals surface area (Å²) in [5, 5.41) is 0. The van der Waals surface area contributed by atoms with E-state index in [0.717, 1.165) is 17.8 Å². The van der Waals surface area contributed by atoms with Gasteiger partial charge in [0.05, 0.1) is 9.77 Å². The molecule has 0 saturated heterocycles. The maximum Gasteiger partial charge on any atom is 0.264 e. The first-order chi connectivity index (χ1) is 8.50. The maximum atomic E-state index is 12.3. The molecule has 0 fully saturated rings. The van der Waals surface area contributed by atoms with Gasteiger partial charge in [0.25, 0.3) is 15.0 Å². The monoisotopic (exact) mass is 323 g/mol. The highest BCUT2D eigenvalue weighted by Crippen LogP contribution is 2.30. The first kappa shape index (κ1) is 16.5. The zero-order chi connectivity index (χ0) is 15.0. The fourth-order valence-corrected chi connectivity index (χ4v) is 4.13. The standard InChI is InChI=1S/C12H18ClNO3S2/c1-6-12(3,4)14(5)11(15)9-7-10(8(2)18-9)19(13,16)17/h7H,6H2,1-5H3. The third kappa shape index (κ3) is 3.49. The lowest BCUT2D eigenvalue weighted by Gasteiger charge is -2.34. The van der Waals surface area contributed by atoms with Crippen molar-refractivity contribution in [2.45, 2.75) is 44.6 Å². The molecule has 7 heteroatoms. The Labute approximate surface area is 122 Å². The number of carbonyl (C=O) groups excluding carboxylic acids is 1. The van der Waals surface area contributed by atoms with Crippen molar-refractivity contribution in [3.8, 4) is 0 Å². The normalized spacial score (nSPS) is 12.5. The van der Waals surface area contributed by atoms with Crippen LogP contribution in [0.3, 0.4) is 0 Å². The van der Waals surface area contributed by atoms with E-state index in [0.29, 0.717) is 9.75 Å². The lowest BCUT2D eigenvalue weighted by molar-refractivity contribution is 0.0625. The third-order valence-corrected chi connectivity index (χ3v) is 6.04. The number of hydrogen-bond donors (Lipinski definition) is 0. The number of hydrogen-bond acceptors (Lipinski definition) is 4. The van der Waals surface area contributed by atoms with Crippen LogP contribution in [0.5, 0.6) is 0 Å². The van der Waals surface area contributed by atoms with Crippen LogP contribution >= 0.6 is 22.0 Å². The molecule has 0 N–H and O–H groups in total. The molecule has 0 aliphatic carbocycles. The molecule has 0 spiro atoms. The molecule has 0 bridgehead atoms. The second kappa shape index (κ2) is 5.42. The quantitative estimate of drug-likeness (QED) is 0.799. The predicted molar refractivity (Wildman–Crippen MR) is 78.6 cm³/mol. The van der Waals surface area contributed by atoms with Crippen molar-refractivity contribution in [1.29, 1.82) is 0 Å². The number of thiophene rings is 1. The van der Waals surface area contributed by atoms with Crippen molar-refractivity contribution in [2.24, 2.45) is 0 Å². The summed E-state index contributed by atoms with van der Waals surface area (Å²) in [5.74, 6) is -0.188. The fraction of sp³-hybridized carbons (Fsp3) is 0.583. The lowest BCUT2D eigenvalue weighted by Crippen LogP contribution is -2.44. The SMILES string of the molecule is CCC(C)(C)N(C)C(=O)c1cc(S(=O)(=O)Cl)c(C)s1. The zero-order valence-electron chi connectivity index (χ0n) is 11.7. The lowest BCUT2D eigenvalue weighted by atomic mass is 10.00. The second-order valence-corrected chi connectivity index (χ2v) is 8.79. The van der Waals surface area contributed by atoms with Gasteiger partial charge < -0.3 is 4.90 Å². The molecular formula is C12H18ClNO3S2. The number of halogens is 1. The van der Waals surface area contributed by atoms with Gasteiger partial charge >= 0.3 is 0 Å². The van der Waals surface area contributed by atoms with Gasteiger partial charge in [0, 0.05) is 28.1 Å². The van der Waals surface area contributed by atoms with Crippen LogP contribution in [0.25, 0.3) is 0 Å². The Hall–Kier alpha value is -0.590. The van der Waals surface area contributed by atoms with Crippen LogP contribution < -0.4 is 0 Å². The summed E-state index contributed by atoms with van der Waals surface area (Å²) in [6, 6.07) is 1.35. The number of nitrogens with zero attached hydrogens (tertiary/aromatic N) is 1. The largest absolute Gasteiger partial charge is 0.336 e. The minimum absolute atomic E-state index is 0.0187. The molecule has 0 aliphatic rings. The fourth-order valence-electron chi connectivity index (χ4n) is 1.49. The highest BCUT2D eigenvalue weighted by Gasteiger charge is 2.29. The van der Waals surface area contributed by atoms with E-state index in [1.807, 2.05) is 20.8 Å². The Morgan fingerprint density at radius 1 is 1.47 bits per heavy atom. The number of rotatable bonds is 4. The van der Waals surface area contributed by atoms with E-state index in [4.69, 9.17) is 10.7 Å². The molecule has 0 saturated carbocycles. The molecule has 1 aromatic heterocycles. The van der Waals surface area contributed by atoms with Crippen LogP contribution in [0.2, 0.25) is 0 Å². The summed E-state index contributed by atoms with van der Waals surface area (Å²) in [7, 11) is 3.25. The van der Waals surface area contributed by atoms with E-state index in [1.165, 1.54) is 6.07 Å². The Morgan fingerprint density at radius 3 is 2.37 bits per heavy atom. The highest BCUT2D eigenvalue weighted by atomic mass is 35.7. The summed E-state index contributed by atoms with van der Waals surface area (Å²) >= 11 is 1.15. The predicted octanol–water partition coefficient (Wildman–Crippen LogP) is 3.24. The number of carbonyl (C=O) groups is 1. The van der Waals surface area contributed by atoms with Gasteiger partial charge in [-0.05, 0) is 33.3 Å². The topological polar surface area (TPSA) is 54.5 Å². The molecule has 1 rings (SSSR count). The van der Waals surface area contributed by atoms with E-state index in [-0.39, 0.29) is 16.3 Å². The first-order valence-electron chi connectivity index (χ1n) is 5.84. The van der Waals surface area contributed by atoms with Crippen molar-refractivity contribution in [1.82, 2.24) is 4.90 Å². The van der Waals surface area contributed by atoms with Gasteiger partial charge in [-0.1, -0.05) is 6.92 Å². The van der Waals surface area contributed by atoms with E-state index in [9.17, 15) is 13.2 Å². The van der Waals surface area contributed by atoms with Gasteiger partial charge in [-0.3, -0.25) is 4.79 Å². The summed E-state index contributed by atoms with van der Waals surface area (Å²) in [5.41, 5.74) is -0.283. The molecule has 1 amide bonds. The summed E-state index contributed by atoms with van der Waals surface area (Å²) in [6.07, 6.45) is 0.806. The molecule has 1 heterocycles. The minimum Gasteiger partial charge on any atom is -0.336 e. The molecular weight excluding hydrogens is 306 g/mol. The summed E-state index contributed by atoms with van der Waals surface area (Å²) < 4.78 is 22.7. The van der Waals surface area contributed by atoms with Crippen LogP contribution in [0.4, 0.5) is 0 Å². The summed E-state index contributed by atoms with van der Waals surface area (Å²) in [4.78, 5) is 14.9. The van der Waals surface area contributed by atoms with Gasteiger partial charge in [-0.2, -0.15) is 0 Å². The molecule has 1 aromatic rings. The smallest absolute Gasteiger partial charge is 0.264 e. The van der Waals surface area contributed by atoms with Crippen molar-refractivity contribution in [3.05, 3.63) is 15.8 Å². The molecule has 0 atom stereocenters. The molecule has 108 valence electrons. The van der Waals surface area contributed by atoms with Crippen LogP contribution in [-0.4, -0.2) is 31.8 Å².